The normalized spacial score (nSPS) is 17.3. The summed E-state index contributed by atoms with van der Waals surface area (Å²) in [4.78, 5) is 43.5. The molecule has 2 aromatic heterocycles. The third-order valence-corrected chi connectivity index (χ3v) is 9.56. The van der Waals surface area contributed by atoms with Crippen molar-refractivity contribution in [3.8, 4) is 11.3 Å². The molecule has 1 saturated heterocycles. The van der Waals surface area contributed by atoms with Gasteiger partial charge in [0.2, 0.25) is 22.9 Å². The zero-order chi connectivity index (χ0) is 30.9. The maximum absolute atomic E-state index is 13.0. The highest BCUT2D eigenvalue weighted by Gasteiger charge is 2.41. The highest BCUT2D eigenvalue weighted by Crippen LogP contribution is 2.44. The molecule has 2 fully saturated rings. The van der Waals surface area contributed by atoms with Gasteiger partial charge >= 0.3 is 5.97 Å². The first-order valence-electron chi connectivity index (χ1n) is 14.6. The van der Waals surface area contributed by atoms with Crippen molar-refractivity contribution >= 4 is 40.1 Å². The fourth-order valence-electron chi connectivity index (χ4n) is 6.00. The van der Waals surface area contributed by atoms with Crippen LogP contribution >= 0.6 is 0 Å². The first-order valence-corrected chi connectivity index (χ1v) is 15.7. The van der Waals surface area contributed by atoms with E-state index in [2.05, 4.69) is 5.32 Å². The van der Waals surface area contributed by atoms with Crippen LogP contribution in [0.2, 0.25) is 0 Å². The molecule has 3 aromatic rings. The van der Waals surface area contributed by atoms with Crippen LogP contribution in [0.4, 0.5) is 0 Å². The highest BCUT2D eigenvalue weighted by molar-refractivity contribution is 7.76. The average molecular weight is 611 g/mol. The van der Waals surface area contributed by atoms with Crippen LogP contribution in [0.15, 0.2) is 34.7 Å². The second kappa shape index (κ2) is 12.6. The molecule has 230 valence electrons. The summed E-state index contributed by atoms with van der Waals surface area (Å²) in [7, 11) is 1.57. The molecule has 12 heteroatoms. The number of furan rings is 1. The lowest BCUT2D eigenvalue weighted by molar-refractivity contribution is -0.154. The molecule has 1 unspecified atom stereocenters. The van der Waals surface area contributed by atoms with Gasteiger partial charge in [-0.2, -0.15) is 4.31 Å². The number of likely N-dealkylation sites (tertiary alicyclic amines) is 1. The molecule has 1 aliphatic carbocycles. The standard InChI is InChI=1S/C31H38N4O7S/c1-19-5-7-22(8-6-19)27-26(28(37)32-3)24-17-23(21-9-10-21)25(33-29(24)42-27)18-35(43(40)41)14-4-11-31(30(38)39)12-15-34(16-13-31)20(2)36/h5-8,17,21H,4,9-16,18H2,1-3H3,(H,32,37)(H,38,39)(H,40,41). The first kappa shape index (κ1) is 30.8. The Morgan fingerprint density at radius 1 is 1.19 bits per heavy atom. The topological polar surface area (TPSA) is 153 Å². The maximum Gasteiger partial charge on any atom is 0.309 e. The number of carboxylic acids is 1. The number of carbonyl (C=O) groups excluding carboxylic acids is 2. The minimum absolute atomic E-state index is 0.0678. The van der Waals surface area contributed by atoms with Crippen molar-refractivity contribution < 1.29 is 32.7 Å². The van der Waals surface area contributed by atoms with Crippen LogP contribution < -0.4 is 5.32 Å². The van der Waals surface area contributed by atoms with Crippen LogP contribution in [0.3, 0.4) is 0 Å². The molecule has 11 nitrogen and oxygen atoms in total. The Kier molecular flexibility index (Phi) is 9.00. The van der Waals surface area contributed by atoms with Crippen LogP contribution in [0, 0.1) is 12.3 Å². The molecule has 43 heavy (non-hydrogen) atoms. The lowest BCUT2D eigenvalue weighted by Crippen LogP contribution is -2.46. The van der Waals surface area contributed by atoms with E-state index >= 15 is 0 Å². The number of hydrogen-bond acceptors (Lipinski definition) is 6. The number of pyridine rings is 1. The first-order chi connectivity index (χ1) is 20.5. The van der Waals surface area contributed by atoms with Crippen LogP contribution in [-0.2, 0) is 27.4 Å². The van der Waals surface area contributed by atoms with E-state index in [1.54, 1.807) is 11.9 Å². The van der Waals surface area contributed by atoms with Gasteiger partial charge < -0.3 is 19.7 Å². The van der Waals surface area contributed by atoms with E-state index in [9.17, 15) is 28.3 Å². The Bertz CT molecular complexity index is 1560. The van der Waals surface area contributed by atoms with Crippen molar-refractivity contribution in [2.24, 2.45) is 5.41 Å². The summed E-state index contributed by atoms with van der Waals surface area (Å²) in [6.07, 6.45) is 3.33. The number of piperidine rings is 1. The van der Waals surface area contributed by atoms with Gasteiger partial charge in [-0.3, -0.25) is 18.9 Å². The van der Waals surface area contributed by atoms with Gasteiger partial charge in [-0.05, 0) is 63.0 Å². The molecule has 2 amide bonds. The largest absolute Gasteiger partial charge is 0.481 e. The number of aliphatic carboxylic acids is 1. The van der Waals surface area contributed by atoms with Crippen molar-refractivity contribution in [2.75, 3.05) is 26.7 Å². The minimum Gasteiger partial charge on any atom is -0.481 e. The summed E-state index contributed by atoms with van der Waals surface area (Å²) in [5.41, 5.74) is 3.05. The Labute approximate surface area is 253 Å². The maximum atomic E-state index is 13.0. The summed E-state index contributed by atoms with van der Waals surface area (Å²) < 4.78 is 30.2. The molecule has 1 atom stereocenters. The third-order valence-electron chi connectivity index (χ3n) is 8.81. The Morgan fingerprint density at radius 3 is 2.42 bits per heavy atom. The minimum atomic E-state index is -2.32. The molecule has 0 spiro atoms. The van der Waals surface area contributed by atoms with Crippen LogP contribution in [0.5, 0.6) is 0 Å². The number of hydrogen-bond donors (Lipinski definition) is 3. The van der Waals surface area contributed by atoms with Gasteiger partial charge in [-0.1, -0.05) is 29.8 Å². The predicted octanol–water partition coefficient (Wildman–Crippen LogP) is 4.47. The molecular weight excluding hydrogens is 572 g/mol. The van der Waals surface area contributed by atoms with Gasteiger partial charge in [0, 0.05) is 39.2 Å². The Balaban J connectivity index is 1.41. The molecule has 5 rings (SSSR count). The van der Waals surface area contributed by atoms with Gasteiger partial charge in [-0.25, -0.2) is 9.19 Å². The summed E-state index contributed by atoms with van der Waals surface area (Å²) in [5, 5.41) is 13.3. The van der Waals surface area contributed by atoms with Crippen molar-refractivity contribution in [3.05, 3.63) is 52.7 Å². The summed E-state index contributed by atoms with van der Waals surface area (Å²) >= 11 is -2.32. The number of carbonyl (C=O) groups is 3. The zero-order valence-corrected chi connectivity index (χ0v) is 25.5. The zero-order valence-electron chi connectivity index (χ0n) is 24.7. The predicted molar refractivity (Wildman–Crippen MR) is 162 cm³/mol. The second-order valence-corrected chi connectivity index (χ2v) is 12.7. The van der Waals surface area contributed by atoms with E-state index < -0.39 is 22.7 Å². The number of aromatic nitrogens is 1. The molecular formula is C31H38N4O7S. The van der Waals surface area contributed by atoms with E-state index in [1.807, 2.05) is 37.3 Å². The van der Waals surface area contributed by atoms with Crippen LogP contribution in [-0.4, -0.2) is 72.5 Å². The second-order valence-electron chi connectivity index (χ2n) is 11.7. The number of fused-ring (bicyclic) bond motifs is 1. The average Bonchev–Trinajstić information content (AvgIpc) is 3.76. The van der Waals surface area contributed by atoms with E-state index in [-0.39, 0.29) is 36.5 Å². The van der Waals surface area contributed by atoms with E-state index in [4.69, 9.17) is 9.40 Å². The third kappa shape index (κ3) is 6.51. The van der Waals surface area contributed by atoms with Gasteiger partial charge in [0.25, 0.3) is 5.91 Å². The number of carboxylic acid groups (broad SMARTS) is 1. The lowest BCUT2D eigenvalue weighted by atomic mass is 9.75. The van der Waals surface area contributed by atoms with Gasteiger partial charge in [0.15, 0.2) is 0 Å². The van der Waals surface area contributed by atoms with E-state index in [0.29, 0.717) is 61.2 Å². The Hall–Kier alpha value is -3.61. The lowest BCUT2D eigenvalue weighted by Gasteiger charge is -2.38. The molecule has 0 radical (unpaired) electrons. The molecule has 0 bridgehead atoms. The number of nitrogens with one attached hydrogen (secondary N) is 1. The van der Waals surface area contributed by atoms with E-state index in [1.165, 1.54) is 11.2 Å². The number of aryl methyl sites for hydroxylation is 1. The Morgan fingerprint density at radius 2 is 1.86 bits per heavy atom. The van der Waals surface area contributed by atoms with Crippen LogP contribution in [0.25, 0.3) is 22.4 Å². The van der Waals surface area contributed by atoms with Crippen molar-refractivity contribution in [1.82, 2.24) is 19.5 Å². The summed E-state index contributed by atoms with van der Waals surface area (Å²) in [6.45, 7) is 4.49. The molecule has 3 N–H and O–H groups in total. The smallest absolute Gasteiger partial charge is 0.309 e. The van der Waals surface area contributed by atoms with Crippen molar-refractivity contribution in [1.29, 1.82) is 0 Å². The number of benzene rings is 1. The quantitative estimate of drug-likeness (QED) is 0.269. The van der Waals surface area contributed by atoms with Gasteiger partial charge in [0.1, 0.15) is 5.76 Å². The number of nitrogens with zero attached hydrogens (tertiary/aromatic N) is 3. The van der Waals surface area contributed by atoms with Crippen molar-refractivity contribution in [2.45, 2.75) is 64.8 Å². The molecule has 1 aromatic carbocycles. The molecule has 3 heterocycles. The monoisotopic (exact) mass is 610 g/mol. The van der Waals surface area contributed by atoms with Crippen LogP contribution in [0.1, 0.15) is 78.5 Å². The molecule has 2 aliphatic rings. The molecule has 1 aliphatic heterocycles. The SMILES string of the molecule is CNC(=O)c1c(-c2ccc(C)cc2)oc2nc(CN(CCCC3(C(=O)O)CCN(C(C)=O)CC3)S(=O)O)c(C3CC3)cc12. The van der Waals surface area contributed by atoms with Crippen molar-refractivity contribution in [3.63, 3.8) is 0 Å². The number of rotatable bonds is 11. The van der Waals surface area contributed by atoms with Gasteiger partial charge in [0.05, 0.1) is 28.6 Å². The fraction of sp³-hybridized carbons (Fsp3) is 0.484. The number of amides is 2. The molecule has 1 saturated carbocycles. The van der Waals surface area contributed by atoms with E-state index in [0.717, 1.165) is 29.5 Å². The summed E-state index contributed by atoms with van der Waals surface area (Å²) in [6, 6.07) is 9.61. The fourth-order valence-corrected chi connectivity index (χ4v) is 6.52. The summed E-state index contributed by atoms with van der Waals surface area (Å²) in [5.74, 6) is -0.604. The highest BCUT2D eigenvalue weighted by atomic mass is 32.2. The van der Waals surface area contributed by atoms with Gasteiger partial charge in [-0.15, -0.1) is 0 Å².